The molecule has 0 bridgehead atoms. The summed E-state index contributed by atoms with van der Waals surface area (Å²) in [4.78, 5) is 0. The highest BCUT2D eigenvalue weighted by molar-refractivity contribution is 5.28. The zero-order valence-electron chi connectivity index (χ0n) is 12.1. The van der Waals surface area contributed by atoms with Gasteiger partial charge in [-0.25, -0.2) is 0 Å². The first-order chi connectivity index (χ1) is 8.52. The van der Waals surface area contributed by atoms with Crippen LogP contribution >= 0.6 is 0 Å². The molecule has 1 aliphatic rings. The lowest BCUT2D eigenvalue weighted by Gasteiger charge is -2.11. The van der Waals surface area contributed by atoms with Crippen LogP contribution in [-0.2, 0) is 4.74 Å². The van der Waals surface area contributed by atoms with Gasteiger partial charge in [-0.05, 0) is 30.5 Å². The summed E-state index contributed by atoms with van der Waals surface area (Å²) >= 11 is 0. The molecular weight excluding hydrogens is 226 g/mol. The van der Waals surface area contributed by atoms with Crippen LogP contribution in [-0.4, -0.2) is 19.8 Å². The maximum atomic E-state index is 5.57. The topological polar surface area (TPSA) is 30.5 Å². The van der Waals surface area contributed by atoms with Gasteiger partial charge in [0.2, 0.25) is 0 Å². The maximum Gasteiger partial charge on any atom is 0.134 e. The van der Waals surface area contributed by atoms with Crippen LogP contribution in [0.3, 0.4) is 0 Å². The molecule has 0 spiro atoms. The van der Waals surface area contributed by atoms with Crippen molar-refractivity contribution in [3.05, 3.63) is 29.8 Å². The van der Waals surface area contributed by atoms with Crippen molar-refractivity contribution < 1.29 is 9.47 Å². The Labute approximate surface area is 110 Å². The molecule has 0 amide bonds. The Balaban J connectivity index is 0.000000357. The SMILES string of the molecule is CC(C)C.COc1ccc(C2NC(C)CO2)cc1. The lowest BCUT2D eigenvalue weighted by atomic mass is 10.2. The summed E-state index contributed by atoms with van der Waals surface area (Å²) in [6, 6.07) is 8.37. The van der Waals surface area contributed by atoms with Gasteiger partial charge in [0.15, 0.2) is 0 Å². The van der Waals surface area contributed by atoms with Crippen molar-refractivity contribution in [3.63, 3.8) is 0 Å². The van der Waals surface area contributed by atoms with Gasteiger partial charge in [-0.2, -0.15) is 0 Å². The van der Waals surface area contributed by atoms with Crippen LogP contribution in [0.25, 0.3) is 0 Å². The Hall–Kier alpha value is -1.06. The van der Waals surface area contributed by atoms with Crippen LogP contribution in [0.4, 0.5) is 0 Å². The zero-order chi connectivity index (χ0) is 13.5. The van der Waals surface area contributed by atoms with E-state index in [1.54, 1.807) is 7.11 Å². The fourth-order valence-corrected chi connectivity index (χ4v) is 1.57. The molecule has 2 rings (SSSR count). The largest absolute Gasteiger partial charge is 0.497 e. The lowest BCUT2D eigenvalue weighted by molar-refractivity contribution is 0.101. The van der Waals surface area contributed by atoms with E-state index in [1.807, 2.05) is 24.3 Å². The van der Waals surface area contributed by atoms with Crippen molar-refractivity contribution in [3.8, 4) is 5.75 Å². The summed E-state index contributed by atoms with van der Waals surface area (Å²) in [6.45, 7) is 9.39. The average molecular weight is 251 g/mol. The molecule has 2 unspecified atom stereocenters. The predicted octanol–water partition coefficient (Wildman–Crippen LogP) is 3.36. The van der Waals surface area contributed by atoms with Gasteiger partial charge in [0.05, 0.1) is 13.7 Å². The minimum atomic E-state index is 0.0379. The summed E-state index contributed by atoms with van der Waals surface area (Å²) in [5.41, 5.74) is 1.15. The van der Waals surface area contributed by atoms with Crippen LogP contribution in [0.5, 0.6) is 5.75 Å². The van der Waals surface area contributed by atoms with E-state index in [1.165, 1.54) is 0 Å². The Kier molecular flexibility index (Phi) is 6.16. The highest BCUT2D eigenvalue weighted by Gasteiger charge is 2.21. The van der Waals surface area contributed by atoms with Gasteiger partial charge in [0, 0.05) is 6.04 Å². The summed E-state index contributed by atoms with van der Waals surface area (Å²) < 4.78 is 10.7. The quantitative estimate of drug-likeness (QED) is 0.874. The molecule has 18 heavy (non-hydrogen) atoms. The summed E-state index contributed by atoms with van der Waals surface area (Å²) in [6.07, 6.45) is 0.0379. The first-order valence-electron chi connectivity index (χ1n) is 6.54. The van der Waals surface area contributed by atoms with Gasteiger partial charge in [0.25, 0.3) is 0 Å². The minimum Gasteiger partial charge on any atom is -0.497 e. The molecule has 0 radical (unpaired) electrons. The van der Waals surface area contributed by atoms with Crippen LogP contribution < -0.4 is 10.1 Å². The standard InChI is InChI=1S/C11H15NO2.C4H10/c1-8-7-14-11(12-8)9-3-5-10(13-2)6-4-9;1-4(2)3/h3-6,8,11-12H,7H2,1-2H3;4H,1-3H3. The van der Waals surface area contributed by atoms with Gasteiger partial charge in [-0.3, -0.25) is 5.32 Å². The van der Waals surface area contributed by atoms with E-state index in [9.17, 15) is 0 Å². The molecule has 1 fully saturated rings. The number of rotatable bonds is 2. The van der Waals surface area contributed by atoms with Crippen LogP contribution in [0.15, 0.2) is 24.3 Å². The molecule has 102 valence electrons. The Morgan fingerprint density at radius 3 is 2.17 bits per heavy atom. The molecule has 1 aromatic carbocycles. The van der Waals surface area contributed by atoms with E-state index >= 15 is 0 Å². The molecule has 3 heteroatoms. The van der Waals surface area contributed by atoms with E-state index in [0.29, 0.717) is 6.04 Å². The summed E-state index contributed by atoms with van der Waals surface area (Å²) in [7, 11) is 1.67. The number of ether oxygens (including phenoxy) is 2. The second kappa shape index (κ2) is 7.39. The van der Waals surface area contributed by atoms with E-state index in [0.717, 1.165) is 23.8 Å². The molecule has 1 N–H and O–H groups in total. The fourth-order valence-electron chi connectivity index (χ4n) is 1.57. The fraction of sp³-hybridized carbons (Fsp3) is 0.600. The number of methoxy groups -OCH3 is 1. The minimum absolute atomic E-state index is 0.0379. The maximum absolute atomic E-state index is 5.57. The molecular formula is C15H25NO2. The Morgan fingerprint density at radius 1 is 1.22 bits per heavy atom. The number of nitrogens with one attached hydrogen (secondary N) is 1. The first kappa shape index (κ1) is 15.0. The molecule has 1 aliphatic heterocycles. The van der Waals surface area contributed by atoms with Crippen molar-refractivity contribution in [2.75, 3.05) is 13.7 Å². The van der Waals surface area contributed by atoms with Crippen molar-refractivity contribution in [1.29, 1.82) is 0 Å². The molecule has 0 aromatic heterocycles. The van der Waals surface area contributed by atoms with Crippen molar-refractivity contribution in [2.24, 2.45) is 5.92 Å². The molecule has 0 saturated carbocycles. The van der Waals surface area contributed by atoms with Crippen LogP contribution in [0, 0.1) is 5.92 Å². The monoisotopic (exact) mass is 251 g/mol. The molecule has 1 aromatic rings. The molecule has 0 aliphatic carbocycles. The Morgan fingerprint density at radius 2 is 1.78 bits per heavy atom. The van der Waals surface area contributed by atoms with Crippen molar-refractivity contribution in [1.82, 2.24) is 5.32 Å². The third-order valence-corrected chi connectivity index (χ3v) is 2.37. The Bertz CT molecular complexity index is 332. The van der Waals surface area contributed by atoms with Gasteiger partial charge in [-0.15, -0.1) is 0 Å². The smallest absolute Gasteiger partial charge is 0.134 e. The second-order valence-electron chi connectivity index (χ2n) is 5.29. The van der Waals surface area contributed by atoms with E-state index in [2.05, 4.69) is 33.0 Å². The zero-order valence-corrected chi connectivity index (χ0v) is 12.1. The van der Waals surface area contributed by atoms with Crippen LogP contribution in [0.2, 0.25) is 0 Å². The van der Waals surface area contributed by atoms with Crippen molar-refractivity contribution >= 4 is 0 Å². The third kappa shape index (κ3) is 5.07. The molecule has 1 heterocycles. The summed E-state index contributed by atoms with van der Waals surface area (Å²) in [5, 5.41) is 3.34. The van der Waals surface area contributed by atoms with Crippen molar-refractivity contribution in [2.45, 2.75) is 40.0 Å². The average Bonchev–Trinajstić information content (AvgIpc) is 2.75. The van der Waals surface area contributed by atoms with E-state index in [-0.39, 0.29) is 6.23 Å². The predicted molar refractivity (Wildman–Crippen MR) is 74.8 cm³/mol. The summed E-state index contributed by atoms with van der Waals surface area (Å²) in [5.74, 6) is 1.71. The van der Waals surface area contributed by atoms with E-state index < -0.39 is 0 Å². The van der Waals surface area contributed by atoms with Gasteiger partial charge >= 0.3 is 0 Å². The number of hydrogen-bond donors (Lipinski definition) is 1. The lowest BCUT2D eigenvalue weighted by Crippen LogP contribution is -2.22. The number of hydrogen-bond acceptors (Lipinski definition) is 3. The molecule has 2 atom stereocenters. The first-order valence-corrected chi connectivity index (χ1v) is 6.54. The highest BCUT2D eigenvalue weighted by Crippen LogP contribution is 2.22. The normalized spacial score (nSPS) is 22.6. The van der Waals surface area contributed by atoms with Crippen LogP contribution in [0.1, 0.15) is 39.5 Å². The second-order valence-corrected chi connectivity index (χ2v) is 5.29. The van der Waals surface area contributed by atoms with Gasteiger partial charge in [0.1, 0.15) is 12.0 Å². The molecule has 1 saturated heterocycles. The van der Waals surface area contributed by atoms with Gasteiger partial charge < -0.3 is 9.47 Å². The number of benzene rings is 1. The van der Waals surface area contributed by atoms with Gasteiger partial charge in [-0.1, -0.05) is 32.9 Å². The third-order valence-electron chi connectivity index (χ3n) is 2.37. The highest BCUT2D eigenvalue weighted by atomic mass is 16.5. The molecule has 3 nitrogen and oxygen atoms in total. The van der Waals surface area contributed by atoms with E-state index in [4.69, 9.17) is 9.47 Å².